The van der Waals surface area contributed by atoms with E-state index < -0.39 is 0 Å². The normalized spacial score (nSPS) is 18.6. The van der Waals surface area contributed by atoms with Crippen molar-refractivity contribution < 1.29 is 4.79 Å². The number of hydrogen-bond donors (Lipinski definition) is 0. The van der Waals surface area contributed by atoms with Crippen molar-refractivity contribution >= 4 is 33.6 Å². The number of rotatable bonds is 3. The summed E-state index contributed by atoms with van der Waals surface area (Å²) in [5.74, 6) is 0. The van der Waals surface area contributed by atoms with Crippen molar-refractivity contribution in [3.8, 4) is 0 Å². The predicted molar refractivity (Wildman–Crippen MR) is 87.8 cm³/mol. The van der Waals surface area contributed by atoms with Crippen LogP contribution in [-0.2, 0) is 4.79 Å². The van der Waals surface area contributed by atoms with Gasteiger partial charge in [0.05, 0.1) is 11.9 Å². The van der Waals surface area contributed by atoms with E-state index in [2.05, 4.69) is 42.8 Å². The maximum Gasteiger partial charge on any atom is 0.144 e. The van der Waals surface area contributed by atoms with Crippen LogP contribution in [-0.4, -0.2) is 36.9 Å². The second-order valence-electron chi connectivity index (χ2n) is 5.03. The average Bonchev–Trinajstić information content (AvgIpc) is 2.56. The molecule has 108 valence electrons. The van der Waals surface area contributed by atoms with E-state index in [0.29, 0.717) is 6.54 Å². The lowest BCUT2D eigenvalue weighted by atomic mass is 10.1. The number of halogens is 1. The third-order valence-electron chi connectivity index (χ3n) is 3.75. The van der Waals surface area contributed by atoms with Gasteiger partial charge < -0.3 is 14.6 Å². The molecule has 1 saturated heterocycles. The van der Waals surface area contributed by atoms with Gasteiger partial charge in [-0.15, -0.1) is 0 Å². The maximum absolute atomic E-state index is 11.5. The van der Waals surface area contributed by atoms with E-state index in [9.17, 15) is 4.79 Å². The lowest BCUT2D eigenvalue weighted by Gasteiger charge is -2.41. The summed E-state index contributed by atoms with van der Waals surface area (Å²) in [6, 6.07) is 12.0. The number of hydrogen-bond acceptors (Lipinski definition) is 4. The van der Waals surface area contributed by atoms with Crippen LogP contribution in [0.2, 0.25) is 0 Å². The fourth-order valence-electron chi connectivity index (χ4n) is 2.66. The topological polar surface area (TPSA) is 36.4 Å². The van der Waals surface area contributed by atoms with Gasteiger partial charge >= 0.3 is 0 Å². The van der Waals surface area contributed by atoms with Crippen molar-refractivity contribution in [1.82, 2.24) is 4.98 Å². The lowest BCUT2D eigenvalue weighted by Crippen LogP contribution is -2.54. The molecule has 0 amide bonds. The SMILES string of the molecule is O=CC1CN(c2ccc(Br)cc2)CCN1c1cccnc1. The molecule has 1 aromatic heterocycles. The Labute approximate surface area is 132 Å². The highest BCUT2D eigenvalue weighted by atomic mass is 79.9. The zero-order valence-corrected chi connectivity index (χ0v) is 13.1. The molecule has 1 fully saturated rings. The summed E-state index contributed by atoms with van der Waals surface area (Å²) in [6.45, 7) is 2.39. The number of pyridine rings is 1. The number of carbonyl (C=O) groups excluding carboxylic acids is 1. The Kier molecular flexibility index (Phi) is 4.20. The van der Waals surface area contributed by atoms with Crippen LogP contribution in [0.4, 0.5) is 11.4 Å². The number of piperazine rings is 1. The minimum atomic E-state index is -0.147. The van der Waals surface area contributed by atoms with Crippen LogP contribution in [0, 0.1) is 0 Å². The minimum Gasteiger partial charge on any atom is -0.367 e. The van der Waals surface area contributed by atoms with Gasteiger partial charge in [0.15, 0.2) is 0 Å². The van der Waals surface area contributed by atoms with Gasteiger partial charge in [-0.1, -0.05) is 15.9 Å². The second-order valence-corrected chi connectivity index (χ2v) is 5.95. The van der Waals surface area contributed by atoms with E-state index >= 15 is 0 Å². The number of carbonyl (C=O) groups is 1. The Morgan fingerprint density at radius 1 is 1.14 bits per heavy atom. The zero-order chi connectivity index (χ0) is 14.7. The predicted octanol–water partition coefficient (Wildman–Crippen LogP) is 2.74. The quantitative estimate of drug-likeness (QED) is 0.801. The number of aromatic nitrogens is 1. The molecule has 1 atom stereocenters. The van der Waals surface area contributed by atoms with Gasteiger partial charge in [-0.05, 0) is 36.4 Å². The molecule has 21 heavy (non-hydrogen) atoms. The van der Waals surface area contributed by atoms with Crippen molar-refractivity contribution in [3.63, 3.8) is 0 Å². The Hall–Kier alpha value is -1.88. The van der Waals surface area contributed by atoms with Crippen LogP contribution in [0.5, 0.6) is 0 Å². The van der Waals surface area contributed by atoms with Gasteiger partial charge in [0.2, 0.25) is 0 Å². The molecular weight excluding hydrogens is 330 g/mol. The van der Waals surface area contributed by atoms with Crippen molar-refractivity contribution in [1.29, 1.82) is 0 Å². The molecule has 1 aliphatic rings. The molecule has 4 nitrogen and oxygen atoms in total. The summed E-state index contributed by atoms with van der Waals surface area (Å²) in [4.78, 5) is 20.0. The lowest BCUT2D eigenvalue weighted by molar-refractivity contribution is -0.108. The van der Waals surface area contributed by atoms with Gasteiger partial charge in [0.1, 0.15) is 12.3 Å². The van der Waals surface area contributed by atoms with Gasteiger partial charge in [-0.2, -0.15) is 0 Å². The Balaban J connectivity index is 1.77. The van der Waals surface area contributed by atoms with Crippen molar-refractivity contribution in [3.05, 3.63) is 53.3 Å². The van der Waals surface area contributed by atoms with Gasteiger partial charge in [-0.25, -0.2) is 0 Å². The average molecular weight is 346 g/mol. The van der Waals surface area contributed by atoms with Crippen LogP contribution in [0.1, 0.15) is 0 Å². The molecule has 1 aromatic carbocycles. The zero-order valence-electron chi connectivity index (χ0n) is 11.5. The van der Waals surface area contributed by atoms with Crippen LogP contribution < -0.4 is 9.80 Å². The molecule has 0 radical (unpaired) electrons. The summed E-state index contributed by atoms with van der Waals surface area (Å²) >= 11 is 3.45. The maximum atomic E-state index is 11.5. The molecule has 0 N–H and O–H groups in total. The standard InChI is InChI=1S/C16H16BrN3O/c17-13-3-5-14(6-4-13)19-8-9-20(16(11-19)12-21)15-2-1-7-18-10-15/h1-7,10,12,16H,8-9,11H2. The van der Waals surface area contributed by atoms with Crippen molar-refractivity contribution in [2.24, 2.45) is 0 Å². The second kappa shape index (κ2) is 6.26. The van der Waals surface area contributed by atoms with Crippen LogP contribution in [0.3, 0.4) is 0 Å². The summed E-state index contributed by atoms with van der Waals surface area (Å²) in [5, 5.41) is 0. The molecule has 2 aromatic rings. The molecule has 2 heterocycles. The smallest absolute Gasteiger partial charge is 0.144 e. The van der Waals surface area contributed by atoms with Crippen LogP contribution in [0.25, 0.3) is 0 Å². The minimum absolute atomic E-state index is 0.147. The van der Waals surface area contributed by atoms with Crippen LogP contribution in [0.15, 0.2) is 53.3 Å². The summed E-state index contributed by atoms with van der Waals surface area (Å²) < 4.78 is 1.06. The first kappa shape index (κ1) is 14.1. The first-order chi connectivity index (χ1) is 10.3. The number of nitrogens with zero attached hydrogens (tertiary/aromatic N) is 3. The molecule has 1 unspecified atom stereocenters. The first-order valence-corrected chi connectivity index (χ1v) is 7.70. The van der Waals surface area contributed by atoms with Crippen molar-refractivity contribution in [2.75, 3.05) is 29.4 Å². The fourth-order valence-corrected chi connectivity index (χ4v) is 2.92. The highest BCUT2D eigenvalue weighted by molar-refractivity contribution is 9.10. The third-order valence-corrected chi connectivity index (χ3v) is 4.27. The van der Waals surface area contributed by atoms with E-state index in [-0.39, 0.29) is 6.04 Å². The molecule has 3 rings (SSSR count). The van der Waals surface area contributed by atoms with Gasteiger partial charge in [-0.3, -0.25) is 4.98 Å². The monoisotopic (exact) mass is 345 g/mol. The van der Waals surface area contributed by atoms with Gasteiger partial charge in [0, 0.05) is 36.0 Å². The third kappa shape index (κ3) is 3.08. The van der Waals surface area contributed by atoms with E-state index in [1.54, 1.807) is 6.20 Å². The summed E-state index contributed by atoms with van der Waals surface area (Å²) in [7, 11) is 0. The number of anilines is 2. The molecule has 0 saturated carbocycles. The molecule has 0 aliphatic carbocycles. The fraction of sp³-hybridized carbons (Fsp3) is 0.250. The van der Waals surface area contributed by atoms with E-state index in [0.717, 1.165) is 35.2 Å². The molecule has 5 heteroatoms. The Morgan fingerprint density at radius 2 is 1.95 bits per heavy atom. The highest BCUT2D eigenvalue weighted by Gasteiger charge is 2.27. The Bertz CT molecular complexity index is 603. The molecular formula is C16H16BrN3O. The first-order valence-electron chi connectivity index (χ1n) is 6.90. The van der Waals surface area contributed by atoms with E-state index in [4.69, 9.17) is 0 Å². The largest absolute Gasteiger partial charge is 0.367 e. The van der Waals surface area contributed by atoms with Crippen molar-refractivity contribution in [2.45, 2.75) is 6.04 Å². The molecule has 0 spiro atoms. The highest BCUT2D eigenvalue weighted by Crippen LogP contribution is 2.24. The summed E-state index contributed by atoms with van der Waals surface area (Å²) in [6.07, 6.45) is 4.58. The summed E-state index contributed by atoms with van der Waals surface area (Å²) in [5.41, 5.74) is 2.15. The Morgan fingerprint density at radius 3 is 2.62 bits per heavy atom. The number of benzene rings is 1. The van der Waals surface area contributed by atoms with E-state index in [1.165, 1.54) is 0 Å². The molecule has 1 aliphatic heterocycles. The van der Waals surface area contributed by atoms with Crippen LogP contribution >= 0.6 is 15.9 Å². The number of aldehydes is 1. The van der Waals surface area contributed by atoms with E-state index in [1.807, 2.05) is 30.5 Å². The molecule has 0 bridgehead atoms. The van der Waals surface area contributed by atoms with Gasteiger partial charge in [0.25, 0.3) is 0 Å².